The van der Waals surface area contributed by atoms with Crippen LogP contribution in [0.2, 0.25) is 18.1 Å². The molecule has 1 unspecified atom stereocenters. The van der Waals surface area contributed by atoms with Gasteiger partial charge in [0.25, 0.3) is 0 Å². The number of nitrogens with zero attached hydrogens (tertiary/aromatic N) is 1. The molecule has 174 valence electrons. The quantitative estimate of drug-likeness (QED) is 0.536. The molecule has 0 spiro atoms. The number of fused-ring (bicyclic) bond motifs is 3. The lowest BCUT2D eigenvalue weighted by molar-refractivity contribution is -0.147. The molecule has 3 aliphatic rings. The fourth-order valence-corrected chi connectivity index (χ4v) is 6.35. The maximum Gasteiger partial charge on any atom is 0.417 e. The highest BCUT2D eigenvalue weighted by atomic mass is 28.4. The van der Waals surface area contributed by atoms with E-state index in [4.69, 9.17) is 9.16 Å². The predicted octanol–water partition coefficient (Wildman–Crippen LogP) is 3.79. The van der Waals surface area contributed by atoms with Crippen LogP contribution in [0.5, 0.6) is 0 Å². The lowest BCUT2D eigenvalue weighted by Crippen LogP contribution is -2.67. The van der Waals surface area contributed by atoms with Gasteiger partial charge in [0.2, 0.25) is 11.8 Å². The van der Waals surface area contributed by atoms with E-state index in [0.29, 0.717) is 6.42 Å². The fourth-order valence-electron chi connectivity index (χ4n) is 4.92. The van der Waals surface area contributed by atoms with Crippen molar-refractivity contribution in [3.63, 3.8) is 0 Å². The topological polar surface area (TPSA) is 84.9 Å². The normalized spacial score (nSPS) is 28.9. The van der Waals surface area contributed by atoms with Crippen LogP contribution in [0.25, 0.3) is 0 Å². The van der Waals surface area contributed by atoms with E-state index in [2.05, 4.69) is 39.2 Å². The summed E-state index contributed by atoms with van der Waals surface area (Å²) in [5.74, 6) is -1.40. The molecule has 8 heteroatoms. The molecule has 0 radical (unpaired) electrons. The lowest BCUT2D eigenvalue weighted by atomic mass is 9.78. The van der Waals surface area contributed by atoms with Gasteiger partial charge in [-0.15, -0.1) is 0 Å². The van der Waals surface area contributed by atoms with Gasteiger partial charge >= 0.3 is 6.09 Å². The fraction of sp³-hybridized carbons (Fsp3) is 0.625. The third kappa shape index (κ3) is 3.57. The van der Waals surface area contributed by atoms with Gasteiger partial charge in [0.05, 0.1) is 24.0 Å². The Hall–Kier alpha value is -2.19. The molecule has 1 aromatic carbocycles. The molecule has 6 atom stereocenters. The zero-order chi connectivity index (χ0) is 23.6. The van der Waals surface area contributed by atoms with E-state index < -0.39 is 32.3 Å². The zero-order valence-electron chi connectivity index (χ0n) is 20.0. The first-order valence-electron chi connectivity index (χ1n) is 11.4. The molecule has 0 bridgehead atoms. The second-order valence-electron chi connectivity index (χ2n) is 10.9. The minimum absolute atomic E-state index is 0.0165. The van der Waals surface area contributed by atoms with Gasteiger partial charge in [0.1, 0.15) is 12.1 Å². The second kappa shape index (κ2) is 7.69. The SMILES string of the molecule is CC(O[Si](C)(C)C(C)(C)C)[C@H]1C(=O)N[C@@H]1[C@@H](C)C(=O)N1C(=O)O[C@H]2Cc3ccccc3[C@H]21. The van der Waals surface area contributed by atoms with Crippen molar-refractivity contribution in [2.75, 3.05) is 0 Å². The highest BCUT2D eigenvalue weighted by Gasteiger charge is 2.55. The standard InChI is InChI=1S/C24H34N2O5Si/c1-13(19-18(21(27)25-19)14(2)31-32(6,7)24(3,4)5)22(28)26-20-16-11-9-8-10-15(16)12-17(20)30-23(26)29/h8-11,13-14,17-20H,12H2,1-7H3,(H,25,27)/t13-,14?,17+,18-,19-,20-/m1/s1. The summed E-state index contributed by atoms with van der Waals surface area (Å²) in [7, 11) is -2.08. The number of nitrogens with one attached hydrogen (secondary N) is 1. The molecular formula is C24H34N2O5Si. The number of benzene rings is 1. The molecular weight excluding hydrogens is 424 g/mol. The largest absolute Gasteiger partial charge is 0.443 e. The van der Waals surface area contributed by atoms with Gasteiger partial charge in [-0.2, -0.15) is 0 Å². The maximum absolute atomic E-state index is 13.5. The van der Waals surface area contributed by atoms with Crippen LogP contribution >= 0.6 is 0 Å². The van der Waals surface area contributed by atoms with E-state index in [1.807, 2.05) is 31.2 Å². The lowest BCUT2D eigenvalue weighted by Gasteiger charge is -2.47. The van der Waals surface area contributed by atoms with Crippen molar-refractivity contribution in [3.8, 4) is 0 Å². The van der Waals surface area contributed by atoms with Crippen LogP contribution < -0.4 is 5.32 Å². The predicted molar refractivity (Wildman–Crippen MR) is 122 cm³/mol. The number of hydrogen-bond acceptors (Lipinski definition) is 5. The first kappa shape index (κ1) is 23.0. The van der Waals surface area contributed by atoms with Crippen LogP contribution in [-0.2, 0) is 25.2 Å². The highest BCUT2D eigenvalue weighted by molar-refractivity contribution is 6.74. The molecule has 2 heterocycles. The summed E-state index contributed by atoms with van der Waals surface area (Å²) in [4.78, 5) is 39.9. The van der Waals surface area contributed by atoms with Crippen LogP contribution in [0, 0.1) is 11.8 Å². The smallest absolute Gasteiger partial charge is 0.417 e. The second-order valence-corrected chi connectivity index (χ2v) is 15.7. The molecule has 0 aromatic heterocycles. The number of β-lactam (4-membered cyclic amide) rings is 1. The number of carbonyl (C=O) groups is 3. The summed E-state index contributed by atoms with van der Waals surface area (Å²) < 4.78 is 12.0. The van der Waals surface area contributed by atoms with Crippen LogP contribution in [0.1, 0.15) is 51.8 Å². The van der Waals surface area contributed by atoms with Crippen molar-refractivity contribution in [3.05, 3.63) is 35.4 Å². The Morgan fingerprint density at radius 1 is 1.22 bits per heavy atom. The first-order chi connectivity index (χ1) is 14.8. The van der Waals surface area contributed by atoms with Crippen LogP contribution in [0.3, 0.4) is 0 Å². The Morgan fingerprint density at radius 2 is 1.88 bits per heavy atom. The Kier molecular flexibility index (Phi) is 5.53. The van der Waals surface area contributed by atoms with Gasteiger partial charge in [-0.05, 0) is 36.2 Å². The molecule has 4 rings (SSSR count). The van der Waals surface area contributed by atoms with Crippen molar-refractivity contribution in [2.24, 2.45) is 11.8 Å². The van der Waals surface area contributed by atoms with Crippen molar-refractivity contribution >= 4 is 26.2 Å². The highest BCUT2D eigenvalue weighted by Crippen LogP contribution is 2.44. The summed E-state index contributed by atoms with van der Waals surface area (Å²) >= 11 is 0. The van der Waals surface area contributed by atoms with E-state index in [-0.39, 0.29) is 35.1 Å². The zero-order valence-corrected chi connectivity index (χ0v) is 21.0. The number of rotatable bonds is 5. The van der Waals surface area contributed by atoms with E-state index in [1.165, 1.54) is 4.90 Å². The van der Waals surface area contributed by atoms with Crippen molar-refractivity contribution in [2.45, 2.75) is 83.5 Å². The molecule has 1 N–H and O–H groups in total. The molecule has 0 saturated carbocycles. The minimum atomic E-state index is -2.08. The number of amides is 3. The monoisotopic (exact) mass is 458 g/mol. The van der Waals surface area contributed by atoms with Crippen LogP contribution in [0.4, 0.5) is 4.79 Å². The van der Waals surface area contributed by atoms with Crippen LogP contribution in [0.15, 0.2) is 24.3 Å². The summed E-state index contributed by atoms with van der Waals surface area (Å²) in [6.07, 6.45) is -0.636. The van der Waals surface area contributed by atoms with E-state index in [1.54, 1.807) is 6.92 Å². The number of imide groups is 1. The molecule has 32 heavy (non-hydrogen) atoms. The third-order valence-electron chi connectivity index (χ3n) is 7.83. The summed E-state index contributed by atoms with van der Waals surface area (Å²) in [5.41, 5.74) is 2.07. The van der Waals surface area contributed by atoms with Crippen molar-refractivity contribution in [1.82, 2.24) is 10.2 Å². The summed E-state index contributed by atoms with van der Waals surface area (Å²) in [6.45, 7) is 14.5. The van der Waals surface area contributed by atoms with E-state index in [0.717, 1.165) is 11.1 Å². The molecule has 7 nitrogen and oxygen atoms in total. The van der Waals surface area contributed by atoms with Crippen molar-refractivity contribution in [1.29, 1.82) is 0 Å². The van der Waals surface area contributed by atoms with Gasteiger partial charge in [-0.25, -0.2) is 9.69 Å². The van der Waals surface area contributed by atoms with Gasteiger partial charge < -0.3 is 14.5 Å². The maximum atomic E-state index is 13.5. The van der Waals surface area contributed by atoms with Gasteiger partial charge in [0.15, 0.2) is 8.32 Å². The summed E-state index contributed by atoms with van der Waals surface area (Å²) in [6, 6.07) is 7.06. The summed E-state index contributed by atoms with van der Waals surface area (Å²) in [5, 5.41) is 2.91. The molecule has 2 fully saturated rings. The first-order valence-corrected chi connectivity index (χ1v) is 14.3. The molecule has 2 aliphatic heterocycles. The van der Waals surface area contributed by atoms with E-state index in [9.17, 15) is 14.4 Å². The van der Waals surface area contributed by atoms with Crippen molar-refractivity contribution < 1.29 is 23.5 Å². The van der Waals surface area contributed by atoms with Crippen LogP contribution in [-0.4, -0.2) is 49.4 Å². The molecule has 1 aromatic rings. The number of hydrogen-bond donors (Lipinski definition) is 1. The molecule has 1 aliphatic carbocycles. The van der Waals surface area contributed by atoms with E-state index >= 15 is 0 Å². The number of ether oxygens (including phenoxy) is 1. The minimum Gasteiger partial charge on any atom is -0.443 e. The Labute approximate surface area is 191 Å². The average molecular weight is 459 g/mol. The third-order valence-corrected chi connectivity index (χ3v) is 12.4. The van der Waals surface area contributed by atoms with Gasteiger partial charge in [-0.3, -0.25) is 9.59 Å². The Bertz CT molecular complexity index is 956. The molecule has 3 amide bonds. The Balaban J connectivity index is 1.51. The van der Waals surface area contributed by atoms with Gasteiger partial charge in [-0.1, -0.05) is 52.0 Å². The molecule has 2 saturated heterocycles. The number of carbonyl (C=O) groups excluding carboxylic acids is 3. The van der Waals surface area contributed by atoms with Gasteiger partial charge in [0, 0.05) is 6.42 Å². The average Bonchev–Trinajstić information content (AvgIpc) is 3.17. The Morgan fingerprint density at radius 3 is 2.50 bits per heavy atom.